The van der Waals surface area contributed by atoms with Crippen LogP contribution in [0.15, 0.2) is 22.8 Å². The van der Waals surface area contributed by atoms with E-state index in [0.717, 1.165) is 25.0 Å². The summed E-state index contributed by atoms with van der Waals surface area (Å²) in [5.41, 5.74) is 0. The molecule has 0 saturated heterocycles. The Morgan fingerprint density at radius 2 is 1.71 bits per heavy atom. The summed E-state index contributed by atoms with van der Waals surface area (Å²) in [5.74, 6) is 1.10. The Balaban J connectivity index is 1.85. The van der Waals surface area contributed by atoms with Crippen molar-refractivity contribution >= 4 is 0 Å². The van der Waals surface area contributed by atoms with Gasteiger partial charge in [-0.3, -0.25) is 0 Å². The quantitative estimate of drug-likeness (QED) is 0.648. The summed E-state index contributed by atoms with van der Waals surface area (Å²) in [7, 11) is 0. The third-order valence-electron chi connectivity index (χ3n) is 2.41. The number of furan rings is 1. The standard InChI is InChI=1S/C12H20O2/c13-10-6-4-2-1-3-5-8-12-9-7-11-14-12/h7,9,11,13H,1-6,8,10H2. The third-order valence-corrected chi connectivity index (χ3v) is 2.41. The molecule has 0 unspecified atom stereocenters. The van der Waals surface area contributed by atoms with Gasteiger partial charge in [-0.25, -0.2) is 0 Å². The van der Waals surface area contributed by atoms with Crippen LogP contribution in [-0.2, 0) is 6.42 Å². The Hall–Kier alpha value is -0.760. The third kappa shape index (κ3) is 5.07. The lowest BCUT2D eigenvalue weighted by atomic mass is 10.1. The Morgan fingerprint density at radius 3 is 2.36 bits per heavy atom. The van der Waals surface area contributed by atoms with Crippen LogP contribution in [0, 0.1) is 0 Å². The van der Waals surface area contributed by atoms with Crippen LogP contribution in [0.2, 0.25) is 0 Å². The Kier molecular flexibility index (Phi) is 6.16. The highest BCUT2D eigenvalue weighted by atomic mass is 16.3. The summed E-state index contributed by atoms with van der Waals surface area (Å²) in [6.45, 7) is 0.340. The molecule has 0 bridgehead atoms. The van der Waals surface area contributed by atoms with Crippen LogP contribution in [0.5, 0.6) is 0 Å². The van der Waals surface area contributed by atoms with Gasteiger partial charge in [-0.2, -0.15) is 0 Å². The largest absolute Gasteiger partial charge is 0.469 e. The number of aliphatic hydroxyl groups excluding tert-OH is 1. The topological polar surface area (TPSA) is 33.4 Å². The van der Waals surface area contributed by atoms with Crippen molar-refractivity contribution < 1.29 is 9.52 Å². The highest BCUT2D eigenvalue weighted by molar-refractivity contribution is 4.97. The fraction of sp³-hybridized carbons (Fsp3) is 0.667. The minimum atomic E-state index is 0.340. The van der Waals surface area contributed by atoms with E-state index in [1.165, 1.54) is 25.7 Å². The van der Waals surface area contributed by atoms with Crippen LogP contribution >= 0.6 is 0 Å². The highest BCUT2D eigenvalue weighted by Gasteiger charge is 1.95. The van der Waals surface area contributed by atoms with Crippen LogP contribution in [0.25, 0.3) is 0 Å². The first-order chi connectivity index (χ1) is 6.93. The molecule has 2 heteroatoms. The maximum absolute atomic E-state index is 8.58. The van der Waals surface area contributed by atoms with E-state index in [1.54, 1.807) is 6.26 Å². The van der Waals surface area contributed by atoms with Gasteiger partial charge >= 0.3 is 0 Å². The average Bonchev–Trinajstić information content (AvgIpc) is 2.69. The lowest BCUT2D eigenvalue weighted by Gasteiger charge is -1.99. The van der Waals surface area contributed by atoms with Crippen LogP contribution in [0.1, 0.15) is 44.3 Å². The van der Waals surface area contributed by atoms with Crippen molar-refractivity contribution in [2.75, 3.05) is 6.61 Å². The second kappa shape index (κ2) is 7.63. The summed E-state index contributed by atoms with van der Waals surface area (Å²) in [4.78, 5) is 0. The van der Waals surface area contributed by atoms with E-state index in [2.05, 4.69) is 0 Å². The number of hydrogen-bond donors (Lipinski definition) is 1. The molecule has 0 aromatic carbocycles. The first-order valence-electron chi connectivity index (χ1n) is 5.56. The van der Waals surface area contributed by atoms with E-state index in [1.807, 2.05) is 12.1 Å². The Bertz CT molecular complexity index is 204. The second-order valence-electron chi connectivity index (χ2n) is 3.67. The molecular formula is C12H20O2. The van der Waals surface area contributed by atoms with E-state index in [9.17, 15) is 0 Å². The molecular weight excluding hydrogens is 176 g/mol. The molecule has 1 aromatic heterocycles. The van der Waals surface area contributed by atoms with Crippen LogP contribution in [0.3, 0.4) is 0 Å². The fourth-order valence-corrected chi connectivity index (χ4v) is 1.57. The zero-order valence-corrected chi connectivity index (χ0v) is 8.74. The van der Waals surface area contributed by atoms with Crippen molar-refractivity contribution in [3.63, 3.8) is 0 Å². The van der Waals surface area contributed by atoms with Gasteiger partial charge in [0.15, 0.2) is 0 Å². The first-order valence-corrected chi connectivity index (χ1v) is 5.56. The van der Waals surface area contributed by atoms with Crippen LogP contribution in [-0.4, -0.2) is 11.7 Å². The van der Waals surface area contributed by atoms with Crippen LogP contribution < -0.4 is 0 Å². The van der Waals surface area contributed by atoms with Crippen molar-refractivity contribution in [2.24, 2.45) is 0 Å². The van der Waals surface area contributed by atoms with E-state index in [4.69, 9.17) is 9.52 Å². The minimum absolute atomic E-state index is 0.340. The number of aryl methyl sites for hydroxylation is 1. The molecule has 14 heavy (non-hydrogen) atoms. The average molecular weight is 196 g/mol. The normalized spacial score (nSPS) is 10.6. The van der Waals surface area contributed by atoms with Crippen LogP contribution in [0.4, 0.5) is 0 Å². The zero-order chi connectivity index (χ0) is 10.1. The molecule has 0 radical (unpaired) electrons. The monoisotopic (exact) mass is 196 g/mol. The summed E-state index contributed by atoms with van der Waals surface area (Å²) in [6, 6.07) is 3.97. The molecule has 0 aliphatic carbocycles. The number of unbranched alkanes of at least 4 members (excludes halogenated alkanes) is 5. The van der Waals surface area contributed by atoms with E-state index < -0.39 is 0 Å². The maximum atomic E-state index is 8.58. The summed E-state index contributed by atoms with van der Waals surface area (Å²) >= 11 is 0. The lowest BCUT2D eigenvalue weighted by Crippen LogP contribution is -1.85. The van der Waals surface area contributed by atoms with Gasteiger partial charge in [-0.15, -0.1) is 0 Å². The molecule has 0 fully saturated rings. The van der Waals surface area contributed by atoms with Crippen molar-refractivity contribution in [1.82, 2.24) is 0 Å². The molecule has 0 amide bonds. The van der Waals surface area contributed by atoms with Gasteiger partial charge in [0.2, 0.25) is 0 Å². The highest BCUT2D eigenvalue weighted by Crippen LogP contribution is 2.09. The maximum Gasteiger partial charge on any atom is 0.103 e. The van der Waals surface area contributed by atoms with Crippen molar-refractivity contribution in [2.45, 2.75) is 44.9 Å². The van der Waals surface area contributed by atoms with Crippen molar-refractivity contribution in [1.29, 1.82) is 0 Å². The predicted molar refractivity (Wildman–Crippen MR) is 57.2 cm³/mol. The second-order valence-corrected chi connectivity index (χ2v) is 3.67. The van der Waals surface area contributed by atoms with Gasteiger partial charge < -0.3 is 9.52 Å². The number of rotatable bonds is 8. The summed E-state index contributed by atoms with van der Waals surface area (Å²) in [6.07, 6.45) is 9.93. The molecule has 1 heterocycles. The first kappa shape index (κ1) is 11.3. The van der Waals surface area contributed by atoms with E-state index in [-0.39, 0.29) is 0 Å². The molecule has 1 rings (SSSR count). The Labute approximate surface area is 85.9 Å². The fourth-order valence-electron chi connectivity index (χ4n) is 1.57. The Morgan fingerprint density at radius 1 is 1.00 bits per heavy atom. The molecule has 0 spiro atoms. The van der Waals surface area contributed by atoms with Gasteiger partial charge in [0.25, 0.3) is 0 Å². The van der Waals surface area contributed by atoms with Gasteiger partial charge in [0, 0.05) is 13.0 Å². The SMILES string of the molecule is OCCCCCCCCc1ccco1. The summed E-state index contributed by atoms with van der Waals surface area (Å²) in [5, 5.41) is 8.58. The van der Waals surface area contributed by atoms with E-state index >= 15 is 0 Å². The summed E-state index contributed by atoms with van der Waals surface area (Å²) < 4.78 is 5.25. The van der Waals surface area contributed by atoms with Gasteiger partial charge in [0.1, 0.15) is 5.76 Å². The van der Waals surface area contributed by atoms with E-state index in [0.29, 0.717) is 6.61 Å². The molecule has 1 N–H and O–H groups in total. The minimum Gasteiger partial charge on any atom is -0.469 e. The molecule has 80 valence electrons. The molecule has 0 aliphatic heterocycles. The molecule has 0 atom stereocenters. The predicted octanol–water partition coefficient (Wildman–Crippen LogP) is 3.16. The van der Waals surface area contributed by atoms with Crippen molar-refractivity contribution in [3.8, 4) is 0 Å². The van der Waals surface area contributed by atoms with Crippen molar-refractivity contribution in [3.05, 3.63) is 24.2 Å². The van der Waals surface area contributed by atoms with Gasteiger partial charge in [0.05, 0.1) is 6.26 Å². The van der Waals surface area contributed by atoms with Gasteiger partial charge in [-0.05, 0) is 25.0 Å². The van der Waals surface area contributed by atoms with Gasteiger partial charge in [-0.1, -0.05) is 25.7 Å². The smallest absolute Gasteiger partial charge is 0.103 e. The number of aliphatic hydroxyl groups is 1. The molecule has 0 aliphatic rings. The molecule has 0 saturated carbocycles. The lowest BCUT2D eigenvalue weighted by molar-refractivity contribution is 0.282. The number of hydrogen-bond acceptors (Lipinski definition) is 2. The zero-order valence-electron chi connectivity index (χ0n) is 8.74. The molecule has 1 aromatic rings. The molecule has 2 nitrogen and oxygen atoms in total.